The van der Waals surface area contributed by atoms with Crippen LogP contribution in [0.15, 0.2) is 42.7 Å². The minimum Gasteiger partial charge on any atom is -0.289 e. The number of benzene rings is 1. The third-order valence-corrected chi connectivity index (χ3v) is 2.60. The average Bonchev–Trinajstić information content (AvgIpc) is 2.29. The van der Waals surface area contributed by atoms with E-state index in [0.717, 1.165) is 5.56 Å². The maximum absolute atomic E-state index is 12.1. The quantitative estimate of drug-likeness (QED) is 0.743. The normalized spacial score (nSPS) is 10.1. The molecule has 0 fully saturated rings. The molecule has 0 spiro atoms. The number of carbonyl (C=O) groups excluding carboxylic acids is 1. The summed E-state index contributed by atoms with van der Waals surface area (Å²) in [5, 5.41) is 0.383. The smallest absolute Gasteiger partial charge is 0.194 e. The highest BCUT2D eigenvalue weighted by Gasteiger charge is 2.12. The summed E-state index contributed by atoms with van der Waals surface area (Å²) in [5.41, 5.74) is 2.19. The Bertz CT molecular complexity index is 537. The molecule has 2 rings (SSSR count). The van der Waals surface area contributed by atoms with Crippen LogP contribution in [0.25, 0.3) is 0 Å². The predicted octanol–water partition coefficient (Wildman–Crippen LogP) is 3.27. The highest BCUT2D eigenvalue weighted by atomic mass is 35.5. The summed E-state index contributed by atoms with van der Waals surface area (Å²) < 4.78 is 0. The van der Waals surface area contributed by atoms with Gasteiger partial charge in [0.2, 0.25) is 0 Å². The Morgan fingerprint density at radius 2 is 2.12 bits per heavy atom. The summed E-state index contributed by atoms with van der Waals surface area (Å²) >= 11 is 5.93. The molecule has 3 heteroatoms. The van der Waals surface area contributed by atoms with Crippen molar-refractivity contribution in [2.24, 2.45) is 0 Å². The van der Waals surface area contributed by atoms with E-state index in [1.165, 1.54) is 6.20 Å². The molecule has 0 unspecified atom stereocenters. The van der Waals surface area contributed by atoms with Crippen molar-refractivity contribution in [2.75, 3.05) is 0 Å². The second-order valence-electron chi connectivity index (χ2n) is 3.55. The Balaban J connectivity index is 2.44. The number of hydrogen-bond acceptors (Lipinski definition) is 2. The fraction of sp³-hybridized carbons (Fsp3) is 0.0769. The molecule has 0 saturated heterocycles. The molecule has 0 N–H and O–H groups in total. The number of rotatable bonds is 2. The lowest BCUT2D eigenvalue weighted by Crippen LogP contribution is -2.02. The molecule has 2 aromatic rings. The van der Waals surface area contributed by atoms with E-state index >= 15 is 0 Å². The standard InChI is InChI=1S/C13H10ClNO/c1-9-3-2-4-10(7-9)13(16)11-5-6-15-8-12(11)14/h2-8H,1H3. The Labute approximate surface area is 98.9 Å². The van der Waals surface area contributed by atoms with Crippen molar-refractivity contribution >= 4 is 17.4 Å². The number of hydrogen-bond donors (Lipinski definition) is 0. The lowest BCUT2D eigenvalue weighted by molar-refractivity contribution is 0.103. The maximum Gasteiger partial charge on any atom is 0.194 e. The van der Waals surface area contributed by atoms with Crippen molar-refractivity contribution in [2.45, 2.75) is 6.92 Å². The van der Waals surface area contributed by atoms with E-state index in [9.17, 15) is 4.79 Å². The third-order valence-electron chi connectivity index (χ3n) is 2.30. The van der Waals surface area contributed by atoms with Gasteiger partial charge in [-0.15, -0.1) is 0 Å². The van der Waals surface area contributed by atoms with Crippen LogP contribution in [0.1, 0.15) is 21.5 Å². The van der Waals surface area contributed by atoms with Gasteiger partial charge in [0, 0.05) is 23.5 Å². The number of halogens is 1. The zero-order chi connectivity index (χ0) is 11.5. The largest absolute Gasteiger partial charge is 0.289 e. The minimum atomic E-state index is -0.0731. The number of nitrogens with zero attached hydrogens (tertiary/aromatic N) is 1. The van der Waals surface area contributed by atoms with Gasteiger partial charge in [-0.2, -0.15) is 0 Å². The van der Waals surface area contributed by atoms with Gasteiger partial charge in [0.15, 0.2) is 5.78 Å². The highest BCUT2D eigenvalue weighted by molar-refractivity contribution is 6.34. The first-order valence-corrected chi connectivity index (χ1v) is 5.27. The van der Waals surface area contributed by atoms with E-state index in [1.54, 1.807) is 18.3 Å². The first-order valence-electron chi connectivity index (χ1n) is 4.89. The van der Waals surface area contributed by atoms with E-state index in [0.29, 0.717) is 16.1 Å². The predicted molar refractivity (Wildman–Crippen MR) is 63.9 cm³/mol. The molecular weight excluding hydrogens is 222 g/mol. The third kappa shape index (κ3) is 2.12. The molecule has 0 atom stereocenters. The SMILES string of the molecule is Cc1cccc(C(=O)c2ccncc2Cl)c1. The summed E-state index contributed by atoms with van der Waals surface area (Å²) in [5.74, 6) is -0.0731. The molecule has 80 valence electrons. The lowest BCUT2D eigenvalue weighted by Gasteiger charge is -2.03. The molecular formula is C13H10ClNO. The van der Waals surface area contributed by atoms with Crippen molar-refractivity contribution in [3.8, 4) is 0 Å². The number of ketones is 1. The minimum absolute atomic E-state index is 0.0731. The number of aryl methyl sites for hydroxylation is 1. The first-order chi connectivity index (χ1) is 7.68. The number of aromatic nitrogens is 1. The molecule has 0 aliphatic heterocycles. The summed E-state index contributed by atoms with van der Waals surface area (Å²) in [7, 11) is 0. The van der Waals surface area contributed by atoms with Gasteiger partial charge in [-0.1, -0.05) is 35.4 Å². The van der Waals surface area contributed by atoms with Gasteiger partial charge in [0.1, 0.15) is 0 Å². The molecule has 0 aliphatic carbocycles. The van der Waals surface area contributed by atoms with E-state index in [2.05, 4.69) is 4.98 Å². The molecule has 2 nitrogen and oxygen atoms in total. The number of pyridine rings is 1. The molecule has 0 aliphatic rings. The van der Waals surface area contributed by atoms with E-state index < -0.39 is 0 Å². The van der Waals surface area contributed by atoms with Crippen LogP contribution in [0.5, 0.6) is 0 Å². The molecule has 0 amide bonds. The van der Waals surface area contributed by atoms with Gasteiger partial charge in [-0.05, 0) is 19.1 Å². The van der Waals surface area contributed by atoms with Gasteiger partial charge in [-0.25, -0.2) is 0 Å². The zero-order valence-electron chi connectivity index (χ0n) is 8.77. The van der Waals surface area contributed by atoms with E-state index in [4.69, 9.17) is 11.6 Å². The van der Waals surface area contributed by atoms with Crippen molar-refractivity contribution in [1.29, 1.82) is 0 Å². The second kappa shape index (κ2) is 4.45. The Kier molecular flexibility index (Phi) is 3.02. The van der Waals surface area contributed by atoms with Crippen LogP contribution in [0.4, 0.5) is 0 Å². The van der Waals surface area contributed by atoms with Gasteiger partial charge in [0.25, 0.3) is 0 Å². The zero-order valence-corrected chi connectivity index (χ0v) is 9.53. The maximum atomic E-state index is 12.1. The molecule has 1 heterocycles. The molecule has 1 aromatic heterocycles. The lowest BCUT2D eigenvalue weighted by atomic mass is 10.0. The fourth-order valence-corrected chi connectivity index (χ4v) is 1.71. The van der Waals surface area contributed by atoms with Crippen molar-refractivity contribution in [3.63, 3.8) is 0 Å². The Morgan fingerprint density at radius 1 is 1.31 bits per heavy atom. The van der Waals surface area contributed by atoms with Crippen LogP contribution < -0.4 is 0 Å². The summed E-state index contributed by atoms with van der Waals surface area (Å²) in [4.78, 5) is 16.0. The first kappa shape index (κ1) is 10.8. The van der Waals surface area contributed by atoms with Crippen molar-refractivity contribution in [3.05, 3.63) is 64.4 Å². The topological polar surface area (TPSA) is 30.0 Å². The van der Waals surface area contributed by atoms with Gasteiger partial charge >= 0.3 is 0 Å². The summed E-state index contributed by atoms with van der Waals surface area (Å²) in [6, 6.07) is 9.07. The highest BCUT2D eigenvalue weighted by Crippen LogP contribution is 2.18. The second-order valence-corrected chi connectivity index (χ2v) is 3.96. The summed E-state index contributed by atoms with van der Waals surface area (Å²) in [6.45, 7) is 1.95. The fourth-order valence-electron chi connectivity index (χ4n) is 1.50. The van der Waals surface area contributed by atoms with Crippen LogP contribution in [-0.4, -0.2) is 10.8 Å². The van der Waals surface area contributed by atoms with Crippen LogP contribution in [-0.2, 0) is 0 Å². The van der Waals surface area contributed by atoms with Gasteiger partial charge < -0.3 is 0 Å². The van der Waals surface area contributed by atoms with Crippen LogP contribution in [0, 0.1) is 6.92 Å². The van der Waals surface area contributed by atoms with Crippen LogP contribution in [0.3, 0.4) is 0 Å². The van der Waals surface area contributed by atoms with Crippen LogP contribution in [0.2, 0.25) is 5.02 Å². The summed E-state index contributed by atoms with van der Waals surface area (Å²) in [6.07, 6.45) is 3.04. The van der Waals surface area contributed by atoms with Crippen molar-refractivity contribution < 1.29 is 4.79 Å². The van der Waals surface area contributed by atoms with E-state index in [-0.39, 0.29) is 5.78 Å². The van der Waals surface area contributed by atoms with Crippen LogP contribution >= 0.6 is 11.6 Å². The molecule has 0 radical (unpaired) electrons. The van der Waals surface area contributed by atoms with E-state index in [1.807, 2.05) is 25.1 Å². The average molecular weight is 232 g/mol. The Morgan fingerprint density at radius 3 is 2.81 bits per heavy atom. The molecule has 16 heavy (non-hydrogen) atoms. The molecule has 0 saturated carbocycles. The van der Waals surface area contributed by atoms with Gasteiger partial charge in [-0.3, -0.25) is 9.78 Å². The molecule has 1 aromatic carbocycles. The molecule has 0 bridgehead atoms. The van der Waals surface area contributed by atoms with Gasteiger partial charge in [0.05, 0.1) is 5.02 Å². The number of carbonyl (C=O) groups is 1. The Hall–Kier alpha value is -1.67. The van der Waals surface area contributed by atoms with Crippen molar-refractivity contribution in [1.82, 2.24) is 4.98 Å². The monoisotopic (exact) mass is 231 g/mol.